The third-order valence-electron chi connectivity index (χ3n) is 5.58. The van der Waals surface area contributed by atoms with Crippen molar-refractivity contribution in [1.29, 1.82) is 0 Å². The number of hydrogen-bond donors (Lipinski definition) is 1. The quantitative estimate of drug-likeness (QED) is 0.746. The highest BCUT2D eigenvalue weighted by Gasteiger charge is 2.45. The first-order valence-corrected chi connectivity index (χ1v) is 10.1. The van der Waals surface area contributed by atoms with E-state index in [1.165, 1.54) is 0 Å². The lowest BCUT2D eigenvalue weighted by atomic mass is 9.82. The maximum absolute atomic E-state index is 12.8. The Morgan fingerprint density at radius 3 is 2.58 bits per heavy atom. The molecule has 174 valence electrons. The standard InChI is InChI=1S/C17H25N3O4.C2HF3O2/c1-12-6-14(18-24-12)8-19-7-13-10-22-11-16(15(13)9-19)17(21)20-4-2-3-5-23-20;3-2(4,5)1(6)7/h6,13,15-16H,2-5,7-11H2,1H3;(H,6,7)/t13-,15-,16-;/m1./s1. The minimum Gasteiger partial charge on any atom is -0.475 e. The molecule has 1 aromatic rings. The van der Waals surface area contributed by atoms with Crippen molar-refractivity contribution in [2.45, 2.75) is 32.5 Å². The van der Waals surface area contributed by atoms with Crippen LogP contribution in [-0.2, 0) is 25.7 Å². The van der Waals surface area contributed by atoms with Crippen molar-refractivity contribution in [3.05, 3.63) is 17.5 Å². The SMILES string of the molecule is Cc1cc(CN2C[C@@H]3COC[C@@H](C(=O)N4CCCCO4)[C@@H]3C2)no1.O=C(O)C(F)(F)F. The molecule has 31 heavy (non-hydrogen) atoms. The van der Waals surface area contributed by atoms with Gasteiger partial charge in [0.1, 0.15) is 5.76 Å². The summed E-state index contributed by atoms with van der Waals surface area (Å²) >= 11 is 0. The van der Waals surface area contributed by atoms with Crippen LogP contribution in [0.5, 0.6) is 0 Å². The van der Waals surface area contributed by atoms with E-state index < -0.39 is 12.1 Å². The van der Waals surface area contributed by atoms with E-state index in [-0.39, 0.29) is 11.8 Å². The second-order valence-corrected chi connectivity index (χ2v) is 7.97. The van der Waals surface area contributed by atoms with Gasteiger partial charge in [0, 0.05) is 32.2 Å². The van der Waals surface area contributed by atoms with Gasteiger partial charge in [0.15, 0.2) is 0 Å². The highest BCUT2D eigenvalue weighted by molar-refractivity contribution is 5.78. The summed E-state index contributed by atoms with van der Waals surface area (Å²) in [6, 6.07) is 1.97. The summed E-state index contributed by atoms with van der Waals surface area (Å²) in [7, 11) is 0. The Kier molecular flexibility index (Phi) is 7.55. The third kappa shape index (κ3) is 6.17. The lowest BCUT2D eigenvalue weighted by molar-refractivity contribution is -0.207. The molecule has 0 aliphatic carbocycles. The van der Waals surface area contributed by atoms with Gasteiger partial charge in [-0.25, -0.2) is 9.86 Å². The summed E-state index contributed by atoms with van der Waals surface area (Å²) in [5.74, 6) is -1.17. The van der Waals surface area contributed by atoms with E-state index in [1.54, 1.807) is 5.06 Å². The van der Waals surface area contributed by atoms with Gasteiger partial charge in [0.05, 0.1) is 31.4 Å². The number of hydroxylamine groups is 2. The van der Waals surface area contributed by atoms with Crippen LogP contribution in [0.3, 0.4) is 0 Å². The first-order valence-electron chi connectivity index (χ1n) is 10.1. The third-order valence-corrected chi connectivity index (χ3v) is 5.58. The molecule has 3 aliphatic heterocycles. The van der Waals surface area contributed by atoms with Gasteiger partial charge in [-0.15, -0.1) is 0 Å². The highest BCUT2D eigenvalue weighted by Crippen LogP contribution is 2.36. The Morgan fingerprint density at radius 2 is 2.00 bits per heavy atom. The number of aromatic nitrogens is 1. The van der Waals surface area contributed by atoms with Gasteiger partial charge < -0.3 is 14.4 Å². The molecule has 0 bridgehead atoms. The van der Waals surface area contributed by atoms with Gasteiger partial charge >= 0.3 is 12.1 Å². The average Bonchev–Trinajstić information content (AvgIpc) is 3.33. The van der Waals surface area contributed by atoms with E-state index in [9.17, 15) is 18.0 Å². The van der Waals surface area contributed by atoms with Crippen LogP contribution in [0.1, 0.15) is 24.3 Å². The van der Waals surface area contributed by atoms with E-state index in [1.807, 2.05) is 13.0 Å². The van der Waals surface area contributed by atoms with Crippen molar-refractivity contribution in [2.75, 3.05) is 39.5 Å². The molecule has 4 heterocycles. The topological polar surface area (TPSA) is 105 Å². The van der Waals surface area contributed by atoms with Gasteiger partial charge in [-0.2, -0.15) is 13.2 Å². The van der Waals surface area contributed by atoms with Crippen molar-refractivity contribution in [3.63, 3.8) is 0 Å². The number of amides is 1. The molecule has 1 N–H and O–H groups in total. The molecule has 0 radical (unpaired) electrons. The number of rotatable bonds is 3. The first-order chi connectivity index (χ1) is 14.6. The molecule has 0 saturated carbocycles. The normalized spacial score (nSPS) is 26.7. The molecule has 12 heteroatoms. The number of aliphatic carboxylic acids is 1. The summed E-state index contributed by atoms with van der Waals surface area (Å²) in [6.45, 7) is 7.12. The van der Waals surface area contributed by atoms with Crippen molar-refractivity contribution >= 4 is 11.9 Å². The summed E-state index contributed by atoms with van der Waals surface area (Å²) < 4.78 is 42.6. The molecular formula is C19H26F3N3O6. The van der Waals surface area contributed by atoms with Crippen molar-refractivity contribution in [2.24, 2.45) is 17.8 Å². The lowest BCUT2D eigenvalue weighted by Crippen LogP contribution is -2.47. The average molecular weight is 449 g/mol. The number of carbonyl (C=O) groups excluding carboxylic acids is 1. The van der Waals surface area contributed by atoms with Gasteiger partial charge in [0.25, 0.3) is 5.91 Å². The maximum Gasteiger partial charge on any atom is 0.490 e. The van der Waals surface area contributed by atoms with E-state index in [4.69, 9.17) is 24.0 Å². The predicted octanol–water partition coefficient (Wildman–Crippen LogP) is 1.86. The Labute approximate surface area is 177 Å². The number of aryl methyl sites for hydroxylation is 1. The van der Waals surface area contributed by atoms with Crippen LogP contribution in [0.15, 0.2) is 10.6 Å². The van der Waals surface area contributed by atoms with Crippen LogP contribution in [-0.4, -0.2) is 77.7 Å². The van der Waals surface area contributed by atoms with E-state index in [0.717, 1.165) is 50.5 Å². The van der Waals surface area contributed by atoms with Crippen molar-refractivity contribution in [1.82, 2.24) is 15.1 Å². The summed E-state index contributed by atoms with van der Waals surface area (Å²) in [6.07, 6.45) is -3.03. The van der Waals surface area contributed by atoms with E-state index in [2.05, 4.69) is 10.1 Å². The Hall–Kier alpha value is -2.18. The number of carboxylic acid groups (broad SMARTS) is 1. The van der Waals surface area contributed by atoms with Crippen molar-refractivity contribution < 1.29 is 42.0 Å². The van der Waals surface area contributed by atoms with E-state index in [0.29, 0.717) is 31.6 Å². The number of likely N-dealkylation sites (tertiary alicyclic amines) is 1. The number of hydrogen-bond acceptors (Lipinski definition) is 7. The number of alkyl halides is 3. The van der Waals surface area contributed by atoms with Crippen molar-refractivity contribution in [3.8, 4) is 0 Å². The van der Waals surface area contributed by atoms with Crippen LogP contribution in [0.2, 0.25) is 0 Å². The second kappa shape index (κ2) is 9.96. The van der Waals surface area contributed by atoms with Gasteiger partial charge in [0.2, 0.25) is 0 Å². The molecular weight excluding hydrogens is 423 g/mol. The first kappa shape index (κ1) is 23.5. The number of carboxylic acids is 1. The molecule has 3 fully saturated rings. The minimum absolute atomic E-state index is 0.0918. The fourth-order valence-corrected chi connectivity index (χ4v) is 4.15. The molecule has 9 nitrogen and oxygen atoms in total. The number of nitrogens with zero attached hydrogens (tertiary/aromatic N) is 3. The molecule has 3 aliphatic rings. The number of halogens is 3. The molecule has 3 atom stereocenters. The largest absolute Gasteiger partial charge is 0.490 e. The Balaban J connectivity index is 0.000000339. The molecule has 0 spiro atoms. The monoisotopic (exact) mass is 449 g/mol. The lowest BCUT2D eigenvalue weighted by Gasteiger charge is -2.36. The van der Waals surface area contributed by atoms with Crippen LogP contribution in [0, 0.1) is 24.7 Å². The summed E-state index contributed by atoms with van der Waals surface area (Å²) in [5, 5.41) is 12.8. The summed E-state index contributed by atoms with van der Waals surface area (Å²) in [5.41, 5.74) is 0.953. The zero-order chi connectivity index (χ0) is 22.6. The highest BCUT2D eigenvalue weighted by atomic mass is 19.4. The number of fused-ring (bicyclic) bond motifs is 1. The van der Waals surface area contributed by atoms with Crippen LogP contribution < -0.4 is 0 Å². The molecule has 1 amide bonds. The van der Waals surface area contributed by atoms with Crippen LogP contribution in [0.25, 0.3) is 0 Å². The molecule has 3 saturated heterocycles. The second-order valence-electron chi connectivity index (χ2n) is 7.97. The fraction of sp³-hybridized carbons (Fsp3) is 0.737. The zero-order valence-corrected chi connectivity index (χ0v) is 17.1. The molecule has 4 rings (SSSR count). The van der Waals surface area contributed by atoms with E-state index >= 15 is 0 Å². The van der Waals surface area contributed by atoms with Gasteiger partial charge in [-0.1, -0.05) is 5.16 Å². The van der Waals surface area contributed by atoms with Gasteiger partial charge in [-0.05, 0) is 31.6 Å². The predicted molar refractivity (Wildman–Crippen MR) is 98.4 cm³/mol. The molecule has 0 aromatic carbocycles. The summed E-state index contributed by atoms with van der Waals surface area (Å²) in [4.78, 5) is 29.7. The minimum atomic E-state index is -5.08. The van der Waals surface area contributed by atoms with Crippen LogP contribution >= 0.6 is 0 Å². The fourth-order valence-electron chi connectivity index (χ4n) is 4.15. The number of ether oxygens (including phenoxy) is 1. The Bertz CT molecular complexity index is 765. The maximum atomic E-state index is 12.8. The smallest absolute Gasteiger partial charge is 0.475 e. The molecule has 1 aromatic heterocycles. The zero-order valence-electron chi connectivity index (χ0n) is 17.1. The number of carbonyl (C=O) groups is 2. The van der Waals surface area contributed by atoms with Crippen LogP contribution in [0.4, 0.5) is 13.2 Å². The van der Waals surface area contributed by atoms with Gasteiger partial charge in [-0.3, -0.25) is 14.5 Å². The Morgan fingerprint density at radius 1 is 1.26 bits per heavy atom. The molecule has 0 unspecified atom stereocenters.